The van der Waals surface area contributed by atoms with Crippen molar-refractivity contribution in [1.29, 1.82) is 0 Å². The molecule has 0 unspecified atom stereocenters. The van der Waals surface area contributed by atoms with E-state index in [0.717, 1.165) is 0 Å². The number of nitrogens with one attached hydrogen (secondary N) is 1. The summed E-state index contributed by atoms with van der Waals surface area (Å²) in [6.45, 7) is 0. The van der Waals surface area contributed by atoms with E-state index in [1.54, 1.807) is 0 Å². The largest absolute Gasteiger partial charge is 0.574 e. The number of alkyl halides is 3. The molecular weight excluding hydrogens is 305 g/mol. The molecule has 0 saturated carbocycles. The van der Waals surface area contributed by atoms with Crippen molar-refractivity contribution in [2.45, 2.75) is 6.36 Å². The number of aromatic amines is 1. The van der Waals surface area contributed by atoms with E-state index in [1.807, 2.05) is 5.10 Å². The molecule has 1 N–H and O–H groups in total. The van der Waals surface area contributed by atoms with Crippen molar-refractivity contribution in [3.8, 4) is 5.88 Å². The van der Waals surface area contributed by atoms with Crippen molar-refractivity contribution in [3.05, 3.63) is 33.0 Å². The molecule has 1 heterocycles. The first-order valence-electron chi connectivity index (χ1n) is 4.30. The van der Waals surface area contributed by atoms with Gasteiger partial charge in [0.1, 0.15) is 0 Å². The number of fused-ring (bicyclic) bond motifs is 1. The fraction of sp³-hybridized carbons (Fsp3) is 0.111. The summed E-state index contributed by atoms with van der Waals surface area (Å²) in [7, 11) is 0. The highest BCUT2D eigenvalue weighted by Gasteiger charge is 2.32. The number of hydrogen-bond donors (Lipinski definition) is 1. The lowest BCUT2D eigenvalue weighted by molar-refractivity contribution is -0.275. The van der Waals surface area contributed by atoms with Crippen molar-refractivity contribution in [1.82, 2.24) is 10.2 Å². The maximum atomic E-state index is 12.1. The van der Waals surface area contributed by atoms with E-state index in [2.05, 4.69) is 25.8 Å². The Morgan fingerprint density at radius 3 is 2.65 bits per heavy atom. The van der Waals surface area contributed by atoms with Crippen molar-refractivity contribution in [3.63, 3.8) is 0 Å². The molecule has 4 nitrogen and oxygen atoms in total. The molecule has 90 valence electrons. The summed E-state index contributed by atoms with van der Waals surface area (Å²) in [4.78, 5) is 11.4. The molecule has 8 heteroatoms. The number of H-pyrrole nitrogens is 1. The fourth-order valence-corrected chi connectivity index (χ4v) is 1.66. The molecule has 0 aliphatic carbocycles. The van der Waals surface area contributed by atoms with Crippen LogP contribution in [-0.4, -0.2) is 16.6 Å². The summed E-state index contributed by atoms with van der Waals surface area (Å²) >= 11 is 3.12. The number of ether oxygens (including phenoxy) is 1. The van der Waals surface area contributed by atoms with Crippen molar-refractivity contribution in [2.75, 3.05) is 0 Å². The minimum Gasteiger partial charge on any atom is -0.386 e. The molecular formula is C9H4BrF3N2O2. The smallest absolute Gasteiger partial charge is 0.386 e. The van der Waals surface area contributed by atoms with Crippen LogP contribution in [0, 0.1) is 0 Å². The third-order valence-electron chi connectivity index (χ3n) is 1.93. The lowest BCUT2D eigenvalue weighted by atomic mass is 10.2. The molecule has 1 aromatic carbocycles. The first-order valence-corrected chi connectivity index (χ1v) is 5.10. The van der Waals surface area contributed by atoms with E-state index in [9.17, 15) is 18.0 Å². The van der Waals surface area contributed by atoms with Crippen LogP contribution in [0.1, 0.15) is 0 Å². The molecule has 0 atom stereocenters. The minimum absolute atomic E-state index is 0.00530. The first-order chi connectivity index (χ1) is 7.87. The number of aromatic nitrogens is 2. The Balaban J connectivity index is 2.66. The second-order valence-electron chi connectivity index (χ2n) is 3.10. The zero-order valence-electron chi connectivity index (χ0n) is 8.01. The molecule has 0 bridgehead atoms. The highest BCUT2D eigenvalue weighted by molar-refractivity contribution is 9.10. The summed E-state index contributed by atoms with van der Waals surface area (Å²) in [5.74, 6) is -0.681. The molecule has 17 heavy (non-hydrogen) atoms. The third kappa shape index (κ3) is 2.57. The highest BCUT2D eigenvalue weighted by atomic mass is 79.9. The molecule has 2 aromatic rings. The van der Waals surface area contributed by atoms with Crippen molar-refractivity contribution >= 4 is 26.7 Å². The number of benzene rings is 1. The maximum Gasteiger partial charge on any atom is 0.574 e. The maximum absolute atomic E-state index is 12.1. The van der Waals surface area contributed by atoms with Gasteiger partial charge in [-0.25, -0.2) is 5.10 Å². The monoisotopic (exact) mass is 308 g/mol. The van der Waals surface area contributed by atoms with E-state index in [0.29, 0.717) is 4.47 Å². The van der Waals surface area contributed by atoms with Gasteiger partial charge in [0.25, 0.3) is 5.56 Å². The van der Waals surface area contributed by atoms with Gasteiger partial charge in [-0.05, 0) is 18.2 Å². The number of nitrogens with zero attached hydrogens (tertiary/aromatic N) is 1. The predicted molar refractivity (Wildman–Crippen MR) is 56.7 cm³/mol. The Kier molecular flexibility index (Phi) is 2.82. The van der Waals surface area contributed by atoms with Gasteiger partial charge in [-0.1, -0.05) is 15.9 Å². The standard InChI is InChI=1S/C9H4BrF3N2O2/c10-4-1-2-5-6(3-4)7(16)14-15-8(5)17-9(11,12)13/h1-3H,(H,14,16). The summed E-state index contributed by atoms with van der Waals surface area (Å²) in [5.41, 5.74) is -0.587. The third-order valence-corrected chi connectivity index (χ3v) is 2.42. The highest BCUT2D eigenvalue weighted by Crippen LogP contribution is 2.27. The van der Waals surface area contributed by atoms with E-state index in [4.69, 9.17) is 0 Å². The van der Waals surface area contributed by atoms with Gasteiger partial charge in [0.05, 0.1) is 10.8 Å². The van der Waals surface area contributed by atoms with Crippen LogP contribution < -0.4 is 10.3 Å². The topological polar surface area (TPSA) is 55.0 Å². The van der Waals surface area contributed by atoms with Crippen LogP contribution in [0.4, 0.5) is 13.2 Å². The van der Waals surface area contributed by atoms with Gasteiger partial charge in [-0.3, -0.25) is 4.79 Å². The lowest BCUT2D eigenvalue weighted by Crippen LogP contribution is -2.20. The fourth-order valence-electron chi connectivity index (χ4n) is 1.30. The molecule has 0 amide bonds. The van der Waals surface area contributed by atoms with E-state index in [-0.39, 0.29) is 10.8 Å². The summed E-state index contributed by atoms with van der Waals surface area (Å²) in [6, 6.07) is 4.20. The van der Waals surface area contributed by atoms with Gasteiger partial charge in [0.2, 0.25) is 5.88 Å². The quantitative estimate of drug-likeness (QED) is 0.881. The number of rotatable bonds is 1. The normalized spacial score (nSPS) is 11.8. The Labute approximate surface area is 101 Å². The van der Waals surface area contributed by atoms with Crippen LogP contribution in [0.15, 0.2) is 27.5 Å². The van der Waals surface area contributed by atoms with Crippen LogP contribution in [-0.2, 0) is 0 Å². The minimum atomic E-state index is -4.86. The van der Waals surface area contributed by atoms with Gasteiger partial charge < -0.3 is 4.74 Å². The summed E-state index contributed by atoms with van der Waals surface area (Å²) < 4.78 is 40.5. The van der Waals surface area contributed by atoms with Crippen LogP contribution in [0.3, 0.4) is 0 Å². The molecule has 2 rings (SSSR count). The van der Waals surface area contributed by atoms with Crippen molar-refractivity contribution in [2.24, 2.45) is 0 Å². The van der Waals surface area contributed by atoms with Gasteiger partial charge in [0, 0.05) is 4.47 Å². The van der Waals surface area contributed by atoms with E-state index >= 15 is 0 Å². The Morgan fingerprint density at radius 1 is 1.29 bits per heavy atom. The second kappa shape index (κ2) is 4.02. The summed E-state index contributed by atoms with van der Waals surface area (Å²) in [5, 5.41) is 5.23. The lowest BCUT2D eigenvalue weighted by Gasteiger charge is -2.09. The predicted octanol–water partition coefficient (Wildman–Crippen LogP) is 2.58. The Bertz CT molecular complexity index is 624. The molecule has 0 fully saturated rings. The molecule has 0 aliphatic heterocycles. The van der Waals surface area contributed by atoms with Gasteiger partial charge in [0.15, 0.2) is 0 Å². The van der Waals surface area contributed by atoms with Crippen LogP contribution in [0.5, 0.6) is 5.88 Å². The first kappa shape index (κ1) is 11.9. The number of halogens is 4. The van der Waals surface area contributed by atoms with E-state index < -0.39 is 17.8 Å². The Morgan fingerprint density at radius 2 is 2.00 bits per heavy atom. The van der Waals surface area contributed by atoms with E-state index in [1.165, 1.54) is 18.2 Å². The Hall–Kier alpha value is -1.57. The zero-order chi connectivity index (χ0) is 12.6. The average Bonchev–Trinajstić information content (AvgIpc) is 2.21. The van der Waals surface area contributed by atoms with Crippen molar-refractivity contribution < 1.29 is 17.9 Å². The average molecular weight is 309 g/mol. The van der Waals surface area contributed by atoms with Crippen LogP contribution in [0.25, 0.3) is 10.8 Å². The number of hydrogen-bond acceptors (Lipinski definition) is 3. The molecule has 0 aliphatic rings. The van der Waals surface area contributed by atoms with Gasteiger partial charge in [-0.2, -0.15) is 0 Å². The molecule has 0 spiro atoms. The SMILES string of the molecule is O=c1[nH]nc(OC(F)(F)F)c2ccc(Br)cc12. The van der Waals surface area contributed by atoms with Crippen LogP contribution >= 0.6 is 15.9 Å². The molecule has 0 saturated heterocycles. The summed E-state index contributed by atoms with van der Waals surface area (Å²) in [6.07, 6.45) is -4.86. The zero-order valence-corrected chi connectivity index (χ0v) is 9.59. The molecule has 0 radical (unpaired) electrons. The second-order valence-corrected chi connectivity index (χ2v) is 4.01. The van der Waals surface area contributed by atoms with Gasteiger partial charge >= 0.3 is 6.36 Å². The van der Waals surface area contributed by atoms with Gasteiger partial charge in [-0.15, -0.1) is 18.3 Å². The molecule has 1 aromatic heterocycles. The van der Waals surface area contributed by atoms with Crippen LogP contribution in [0.2, 0.25) is 0 Å².